The lowest BCUT2D eigenvalue weighted by atomic mass is 10.2. The summed E-state index contributed by atoms with van der Waals surface area (Å²) in [5.74, 6) is 1.22. The topological polar surface area (TPSA) is 96.3 Å². The van der Waals surface area contributed by atoms with Gasteiger partial charge in [-0.25, -0.2) is 0 Å². The summed E-state index contributed by atoms with van der Waals surface area (Å²) in [7, 11) is 1.61. The number of methoxy groups -OCH3 is 1. The van der Waals surface area contributed by atoms with Crippen molar-refractivity contribution in [2.45, 2.75) is 0 Å². The zero-order chi connectivity index (χ0) is 20.5. The molecule has 1 aromatic heterocycles. The van der Waals surface area contributed by atoms with Gasteiger partial charge in [0.05, 0.1) is 42.7 Å². The molecule has 1 heterocycles. The number of rotatable bonds is 8. The predicted molar refractivity (Wildman–Crippen MR) is 109 cm³/mol. The van der Waals surface area contributed by atoms with E-state index in [0.717, 1.165) is 11.4 Å². The average molecular weight is 388 g/mol. The van der Waals surface area contributed by atoms with Crippen molar-refractivity contribution in [2.75, 3.05) is 25.6 Å². The highest BCUT2D eigenvalue weighted by Crippen LogP contribution is 2.18. The largest absolute Gasteiger partial charge is 0.497 e. The molecule has 0 saturated heterocycles. The first-order chi connectivity index (χ1) is 14.2. The molecule has 0 radical (unpaired) electrons. The molecule has 0 aliphatic carbocycles. The van der Waals surface area contributed by atoms with Crippen LogP contribution in [0.3, 0.4) is 0 Å². The van der Waals surface area contributed by atoms with Crippen LogP contribution < -0.4 is 20.1 Å². The molecule has 3 rings (SSSR count). The highest BCUT2D eigenvalue weighted by atomic mass is 16.5. The zero-order valence-electron chi connectivity index (χ0n) is 15.9. The number of hydrogen-bond acceptors (Lipinski definition) is 6. The summed E-state index contributed by atoms with van der Waals surface area (Å²) in [5, 5.41) is 14.8. The van der Waals surface area contributed by atoms with Crippen molar-refractivity contribution < 1.29 is 14.3 Å². The maximum Gasteiger partial charge on any atom is 0.253 e. The van der Waals surface area contributed by atoms with Crippen LogP contribution in [0.4, 0.5) is 11.4 Å². The number of carbonyl (C=O) groups excluding carboxylic acids is 1. The third-order valence-corrected chi connectivity index (χ3v) is 4.02. The minimum Gasteiger partial charge on any atom is -0.497 e. The third kappa shape index (κ3) is 5.71. The highest BCUT2D eigenvalue weighted by Gasteiger charge is 2.07. The first-order valence-corrected chi connectivity index (χ1v) is 8.95. The van der Waals surface area contributed by atoms with E-state index < -0.39 is 0 Å². The van der Waals surface area contributed by atoms with Crippen LogP contribution in [0.2, 0.25) is 0 Å². The van der Waals surface area contributed by atoms with Crippen LogP contribution in [0.25, 0.3) is 0 Å². The molecule has 0 aliphatic heterocycles. The summed E-state index contributed by atoms with van der Waals surface area (Å²) in [6.07, 6.45) is 3.13. The van der Waals surface area contributed by atoms with Gasteiger partial charge in [-0.05, 0) is 54.6 Å². The second-order valence-corrected chi connectivity index (χ2v) is 6.06. The van der Waals surface area contributed by atoms with Gasteiger partial charge >= 0.3 is 0 Å². The molecule has 0 atom stereocenters. The molecular weight excluding hydrogens is 368 g/mol. The van der Waals surface area contributed by atoms with Gasteiger partial charge in [-0.3, -0.25) is 9.78 Å². The molecule has 0 fully saturated rings. The molecule has 2 N–H and O–H groups in total. The van der Waals surface area contributed by atoms with Gasteiger partial charge in [-0.1, -0.05) is 0 Å². The zero-order valence-corrected chi connectivity index (χ0v) is 15.9. The quantitative estimate of drug-likeness (QED) is 0.573. The number of hydrogen-bond donors (Lipinski definition) is 2. The number of benzene rings is 2. The first kappa shape index (κ1) is 19.7. The number of aromatic nitrogens is 1. The van der Waals surface area contributed by atoms with Crippen LogP contribution in [0.15, 0.2) is 67.0 Å². The maximum absolute atomic E-state index is 12.3. The van der Waals surface area contributed by atoms with Crippen molar-refractivity contribution in [3.63, 3.8) is 0 Å². The highest BCUT2D eigenvalue weighted by molar-refractivity contribution is 5.94. The van der Waals surface area contributed by atoms with Gasteiger partial charge in [-0.15, -0.1) is 0 Å². The molecule has 7 nitrogen and oxygen atoms in total. The van der Waals surface area contributed by atoms with Crippen molar-refractivity contribution >= 4 is 17.3 Å². The molecule has 0 bridgehead atoms. The summed E-state index contributed by atoms with van der Waals surface area (Å²) >= 11 is 0. The van der Waals surface area contributed by atoms with E-state index in [1.54, 1.807) is 43.6 Å². The van der Waals surface area contributed by atoms with Crippen LogP contribution in [-0.4, -0.2) is 31.2 Å². The van der Waals surface area contributed by atoms with E-state index in [-0.39, 0.29) is 5.91 Å². The average Bonchev–Trinajstić information content (AvgIpc) is 2.77. The molecule has 0 saturated carbocycles. The lowest BCUT2D eigenvalue weighted by Crippen LogP contribution is -2.28. The van der Waals surface area contributed by atoms with Gasteiger partial charge in [0.15, 0.2) is 0 Å². The number of nitriles is 1. The van der Waals surface area contributed by atoms with Crippen LogP contribution in [0.1, 0.15) is 15.9 Å². The van der Waals surface area contributed by atoms with Gasteiger partial charge in [0.1, 0.15) is 18.1 Å². The smallest absolute Gasteiger partial charge is 0.253 e. The van der Waals surface area contributed by atoms with E-state index in [1.807, 2.05) is 24.3 Å². The van der Waals surface area contributed by atoms with Crippen LogP contribution in [-0.2, 0) is 0 Å². The van der Waals surface area contributed by atoms with Crippen molar-refractivity contribution in [1.29, 1.82) is 5.26 Å². The molecule has 29 heavy (non-hydrogen) atoms. The Morgan fingerprint density at radius 2 is 1.76 bits per heavy atom. The number of nitrogens with zero attached hydrogens (tertiary/aromatic N) is 2. The Bertz CT molecular complexity index is 996. The fourth-order valence-electron chi connectivity index (χ4n) is 2.53. The van der Waals surface area contributed by atoms with Crippen molar-refractivity contribution in [1.82, 2.24) is 10.3 Å². The Kier molecular flexibility index (Phi) is 6.63. The summed E-state index contributed by atoms with van der Waals surface area (Å²) in [4.78, 5) is 16.4. The van der Waals surface area contributed by atoms with Crippen molar-refractivity contribution in [3.05, 3.63) is 78.1 Å². The molecule has 3 aromatic rings. The Morgan fingerprint density at radius 3 is 2.45 bits per heavy atom. The van der Waals surface area contributed by atoms with E-state index in [9.17, 15) is 4.79 Å². The fraction of sp³-hybridized carbons (Fsp3) is 0.136. The number of amides is 1. The molecule has 0 unspecified atom stereocenters. The van der Waals surface area contributed by atoms with E-state index in [1.165, 1.54) is 6.20 Å². The summed E-state index contributed by atoms with van der Waals surface area (Å²) < 4.78 is 10.7. The minimum atomic E-state index is -0.237. The standard InChI is InChI=1S/C22H20N4O3/c1-28-20-6-8-21(9-7-20)29-11-10-25-22(27)17-12-19(15-24-14-17)26-18-4-2-16(13-23)3-5-18/h2-9,12,14-15,26H,10-11H2,1H3,(H,25,27). The number of ether oxygens (including phenoxy) is 2. The monoisotopic (exact) mass is 388 g/mol. The van der Waals surface area contributed by atoms with Gasteiger partial charge in [0.2, 0.25) is 0 Å². The Balaban J connectivity index is 1.50. The van der Waals surface area contributed by atoms with Crippen LogP contribution >= 0.6 is 0 Å². The van der Waals surface area contributed by atoms with Crippen molar-refractivity contribution in [3.8, 4) is 17.6 Å². The van der Waals surface area contributed by atoms with E-state index in [2.05, 4.69) is 21.7 Å². The Hall–Kier alpha value is -4.05. The molecule has 1 amide bonds. The van der Waals surface area contributed by atoms with Crippen molar-refractivity contribution in [2.24, 2.45) is 0 Å². The molecule has 2 aromatic carbocycles. The lowest BCUT2D eigenvalue weighted by molar-refractivity contribution is 0.0946. The fourth-order valence-corrected chi connectivity index (χ4v) is 2.53. The van der Waals surface area contributed by atoms with E-state index in [0.29, 0.717) is 35.7 Å². The van der Waals surface area contributed by atoms with Crippen LogP contribution in [0.5, 0.6) is 11.5 Å². The summed E-state index contributed by atoms with van der Waals surface area (Å²) in [5.41, 5.74) is 2.50. The summed E-state index contributed by atoms with van der Waals surface area (Å²) in [6.45, 7) is 0.701. The predicted octanol–water partition coefficient (Wildman–Crippen LogP) is 3.51. The molecular formula is C22H20N4O3. The Morgan fingerprint density at radius 1 is 1.03 bits per heavy atom. The second-order valence-electron chi connectivity index (χ2n) is 6.06. The lowest BCUT2D eigenvalue weighted by Gasteiger charge is -2.10. The molecule has 146 valence electrons. The number of nitrogens with one attached hydrogen (secondary N) is 2. The number of pyridine rings is 1. The van der Waals surface area contributed by atoms with E-state index in [4.69, 9.17) is 14.7 Å². The van der Waals surface area contributed by atoms with Gasteiger partial charge in [0, 0.05) is 11.9 Å². The minimum absolute atomic E-state index is 0.237. The first-order valence-electron chi connectivity index (χ1n) is 8.95. The Labute approximate surface area is 168 Å². The molecule has 7 heteroatoms. The van der Waals surface area contributed by atoms with Gasteiger partial charge in [-0.2, -0.15) is 5.26 Å². The second kappa shape index (κ2) is 9.76. The van der Waals surface area contributed by atoms with E-state index >= 15 is 0 Å². The summed E-state index contributed by atoms with van der Waals surface area (Å²) in [6, 6.07) is 18.0. The van der Waals surface area contributed by atoms with Crippen LogP contribution in [0, 0.1) is 11.3 Å². The maximum atomic E-state index is 12.3. The van der Waals surface area contributed by atoms with Gasteiger partial charge < -0.3 is 20.1 Å². The third-order valence-electron chi connectivity index (χ3n) is 4.02. The molecule has 0 aliphatic rings. The SMILES string of the molecule is COc1ccc(OCCNC(=O)c2cncc(Nc3ccc(C#N)cc3)c2)cc1. The number of anilines is 2. The normalized spacial score (nSPS) is 9.93. The van der Waals surface area contributed by atoms with Gasteiger partial charge in [0.25, 0.3) is 5.91 Å². The number of carbonyl (C=O) groups is 1. The molecule has 0 spiro atoms.